The summed E-state index contributed by atoms with van der Waals surface area (Å²) in [5.74, 6) is -0.402. The van der Waals surface area contributed by atoms with Crippen molar-refractivity contribution in [3.8, 4) is 11.1 Å². The van der Waals surface area contributed by atoms with Gasteiger partial charge in [-0.1, -0.05) is 24.3 Å². The highest BCUT2D eigenvalue weighted by atomic mass is 19.1. The SMILES string of the molecule is O=C(Cc1c[nH]c2ncc(-c3ccccc3F)cc12)NCc1cccnc1. The molecule has 0 atom stereocenters. The molecule has 4 rings (SSSR count). The molecule has 4 aromatic rings. The lowest BCUT2D eigenvalue weighted by atomic mass is 10.0. The number of pyridine rings is 2. The molecule has 0 radical (unpaired) electrons. The maximum atomic E-state index is 14.1. The summed E-state index contributed by atoms with van der Waals surface area (Å²) in [6.45, 7) is 0.424. The average Bonchev–Trinajstić information content (AvgIpc) is 3.09. The molecule has 0 aliphatic heterocycles. The van der Waals surface area contributed by atoms with Crippen molar-refractivity contribution in [1.82, 2.24) is 20.3 Å². The number of rotatable bonds is 5. The van der Waals surface area contributed by atoms with E-state index < -0.39 is 0 Å². The smallest absolute Gasteiger partial charge is 0.224 e. The average molecular weight is 360 g/mol. The van der Waals surface area contributed by atoms with E-state index >= 15 is 0 Å². The number of nitrogens with zero attached hydrogens (tertiary/aromatic N) is 2. The Hall–Kier alpha value is -3.54. The van der Waals surface area contributed by atoms with E-state index in [-0.39, 0.29) is 18.1 Å². The number of amides is 1. The lowest BCUT2D eigenvalue weighted by molar-refractivity contribution is -0.120. The van der Waals surface area contributed by atoms with Crippen LogP contribution in [0.1, 0.15) is 11.1 Å². The Balaban J connectivity index is 1.54. The molecule has 0 unspecified atom stereocenters. The quantitative estimate of drug-likeness (QED) is 0.571. The molecule has 6 heteroatoms. The first-order valence-electron chi connectivity index (χ1n) is 8.57. The van der Waals surface area contributed by atoms with Crippen LogP contribution in [-0.2, 0) is 17.8 Å². The highest BCUT2D eigenvalue weighted by molar-refractivity contribution is 5.89. The van der Waals surface area contributed by atoms with Crippen molar-refractivity contribution in [2.75, 3.05) is 0 Å². The van der Waals surface area contributed by atoms with E-state index in [1.165, 1.54) is 6.07 Å². The number of halogens is 1. The number of hydrogen-bond donors (Lipinski definition) is 2. The predicted molar refractivity (Wildman–Crippen MR) is 101 cm³/mol. The number of fused-ring (bicyclic) bond motifs is 1. The van der Waals surface area contributed by atoms with Gasteiger partial charge in [0.05, 0.1) is 6.42 Å². The van der Waals surface area contributed by atoms with Gasteiger partial charge in [-0.05, 0) is 29.3 Å². The minimum Gasteiger partial charge on any atom is -0.352 e. The van der Waals surface area contributed by atoms with Crippen LogP contribution >= 0.6 is 0 Å². The first kappa shape index (κ1) is 16.9. The number of benzene rings is 1. The predicted octanol–water partition coefficient (Wildman–Crippen LogP) is 3.62. The molecule has 2 N–H and O–H groups in total. The second-order valence-corrected chi connectivity index (χ2v) is 6.23. The fourth-order valence-electron chi connectivity index (χ4n) is 2.99. The van der Waals surface area contributed by atoms with Gasteiger partial charge in [-0.3, -0.25) is 9.78 Å². The molecule has 0 aliphatic carbocycles. The van der Waals surface area contributed by atoms with Crippen molar-refractivity contribution in [2.24, 2.45) is 0 Å². The van der Waals surface area contributed by atoms with Gasteiger partial charge in [0.2, 0.25) is 5.91 Å². The van der Waals surface area contributed by atoms with Gasteiger partial charge in [-0.2, -0.15) is 0 Å². The Morgan fingerprint density at radius 2 is 2.04 bits per heavy atom. The van der Waals surface area contributed by atoms with Crippen LogP contribution in [-0.4, -0.2) is 20.9 Å². The highest BCUT2D eigenvalue weighted by Crippen LogP contribution is 2.26. The van der Waals surface area contributed by atoms with Gasteiger partial charge < -0.3 is 10.3 Å². The highest BCUT2D eigenvalue weighted by Gasteiger charge is 2.12. The molecule has 0 fully saturated rings. The Bertz CT molecular complexity index is 1090. The van der Waals surface area contributed by atoms with Crippen LogP contribution in [0.5, 0.6) is 0 Å². The van der Waals surface area contributed by atoms with Crippen LogP contribution in [0.3, 0.4) is 0 Å². The minimum absolute atomic E-state index is 0.101. The van der Waals surface area contributed by atoms with Crippen LogP contribution in [0, 0.1) is 5.82 Å². The fraction of sp³-hybridized carbons (Fsp3) is 0.0952. The van der Waals surface area contributed by atoms with E-state index in [2.05, 4.69) is 20.3 Å². The maximum Gasteiger partial charge on any atom is 0.224 e. The van der Waals surface area contributed by atoms with Crippen LogP contribution < -0.4 is 5.32 Å². The molecule has 0 aliphatic rings. The molecule has 3 heterocycles. The van der Waals surface area contributed by atoms with E-state index in [1.54, 1.807) is 43.0 Å². The zero-order valence-electron chi connectivity index (χ0n) is 14.4. The minimum atomic E-state index is -0.301. The van der Waals surface area contributed by atoms with Gasteiger partial charge in [0.25, 0.3) is 0 Å². The number of aromatic nitrogens is 3. The van der Waals surface area contributed by atoms with Crippen LogP contribution in [0.15, 0.2) is 67.3 Å². The van der Waals surface area contributed by atoms with Gasteiger partial charge in [-0.25, -0.2) is 9.37 Å². The van der Waals surface area contributed by atoms with E-state index in [0.717, 1.165) is 16.5 Å². The first-order valence-corrected chi connectivity index (χ1v) is 8.57. The molecule has 0 saturated carbocycles. The largest absolute Gasteiger partial charge is 0.352 e. The third-order valence-corrected chi connectivity index (χ3v) is 4.37. The molecular weight excluding hydrogens is 343 g/mol. The zero-order chi connectivity index (χ0) is 18.6. The van der Waals surface area contributed by atoms with Gasteiger partial charge >= 0.3 is 0 Å². The van der Waals surface area contributed by atoms with Crippen LogP contribution in [0.4, 0.5) is 4.39 Å². The first-order chi connectivity index (χ1) is 13.2. The van der Waals surface area contributed by atoms with E-state index in [9.17, 15) is 9.18 Å². The molecular formula is C21H17FN4O. The number of hydrogen-bond acceptors (Lipinski definition) is 3. The second kappa shape index (κ2) is 7.37. The summed E-state index contributed by atoms with van der Waals surface area (Å²) in [6, 6.07) is 12.2. The third kappa shape index (κ3) is 3.69. The summed E-state index contributed by atoms with van der Waals surface area (Å²) in [4.78, 5) is 23.8. The zero-order valence-corrected chi connectivity index (χ0v) is 14.4. The Labute approximate surface area is 155 Å². The van der Waals surface area contributed by atoms with Crippen molar-refractivity contribution in [2.45, 2.75) is 13.0 Å². The summed E-state index contributed by atoms with van der Waals surface area (Å²) in [5, 5.41) is 3.70. The third-order valence-electron chi connectivity index (χ3n) is 4.37. The molecule has 0 spiro atoms. The van der Waals surface area contributed by atoms with Crippen molar-refractivity contribution >= 4 is 16.9 Å². The monoisotopic (exact) mass is 360 g/mol. The number of carbonyl (C=O) groups excluding carboxylic acids is 1. The Morgan fingerprint density at radius 3 is 2.85 bits per heavy atom. The van der Waals surface area contributed by atoms with Gasteiger partial charge in [-0.15, -0.1) is 0 Å². The maximum absolute atomic E-state index is 14.1. The summed E-state index contributed by atoms with van der Waals surface area (Å²) in [6.07, 6.45) is 7.02. The molecule has 0 saturated heterocycles. The van der Waals surface area contributed by atoms with Crippen molar-refractivity contribution in [3.05, 3.63) is 84.2 Å². The van der Waals surface area contributed by atoms with Crippen molar-refractivity contribution < 1.29 is 9.18 Å². The number of carbonyl (C=O) groups is 1. The number of nitrogens with one attached hydrogen (secondary N) is 2. The molecule has 1 aromatic carbocycles. The van der Waals surface area contributed by atoms with Gasteiger partial charge in [0, 0.05) is 47.8 Å². The standard InChI is InChI=1S/C21H17FN4O/c22-19-6-2-1-5-17(19)15-8-18-16(13-26-21(18)25-12-15)9-20(27)24-11-14-4-3-7-23-10-14/h1-8,10,12-13H,9,11H2,(H,24,27)(H,25,26). The lowest BCUT2D eigenvalue weighted by Crippen LogP contribution is -2.24. The summed E-state index contributed by atoms with van der Waals surface area (Å²) in [5.41, 5.74) is 3.59. The van der Waals surface area contributed by atoms with Crippen molar-refractivity contribution in [3.63, 3.8) is 0 Å². The molecule has 134 valence electrons. The second-order valence-electron chi connectivity index (χ2n) is 6.23. The molecule has 0 bridgehead atoms. The summed E-state index contributed by atoms with van der Waals surface area (Å²) < 4.78 is 14.1. The number of H-pyrrole nitrogens is 1. The lowest BCUT2D eigenvalue weighted by Gasteiger charge is -2.06. The summed E-state index contributed by atoms with van der Waals surface area (Å²) in [7, 11) is 0. The van der Waals surface area contributed by atoms with Gasteiger partial charge in [0.1, 0.15) is 11.5 Å². The number of aromatic amines is 1. The normalized spacial score (nSPS) is 10.9. The van der Waals surface area contributed by atoms with Crippen LogP contribution in [0.25, 0.3) is 22.2 Å². The summed E-state index contributed by atoms with van der Waals surface area (Å²) >= 11 is 0. The van der Waals surface area contributed by atoms with Gasteiger partial charge in [0.15, 0.2) is 0 Å². The Morgan fingerprint density at radius 1 is 1.15 bits per heavy atom. The topological polar surface area (TPSA) is 70.7 Å². The van der Waals surface area contributed by atoms with E-state index in [1.807, 2.05) is 18.2 Å². The molecule has 27 heavy (non-hydrogen) atoms. The molecule has 3 aromatic heterocycles. The van der Waals surface area contributed by atoms with E-state index in [0.29, 0.717) is 23.3 Å². The Kier molecular flexibility index (Phi) is 4.61. The van der Waals surface area contributed by atoms with Crippen LogP contribution in [0.2, 0.25) is 0 Å². The fourth-order valence-corrected chi connectivity index (χ4v) is 2.99. The van der Waals surface area contributed by atoms with Crippen molar-refractivity contribution in [1.29, 1.82) is 0 Å². The molecule has 1 amide bonds. The van der Waals surface area contributed by atoms with E-state index in [4.69, 9.17) is 0 Å². The molecule has 5 nitrogen and oxygen atoms in total.